The van der Waals surface area contributed by atoms with Crippen LogP contribution in [0.25, 0.3) is 22.3 Å². The average Bonchev–Trinajstić information content (AvgIpc) is 2.62. The molecule has 3 heteroatoms. The van der Waals surface area contributed by atoms with Crippen molar-refractivity contribution >= 4 is 5.97 Å². The van der Waals surface area contributed by atoms with E-state index in [1.165, 1.54) is 0 Å². The van der Waals surface area contributed by atoms with Crippen LogP contribution in [0.3, 0.4) is 0 Å². The molecule has 0 bridgehead atoms. The van der Waals surface area contributed by atoms with Crippen molar-refractivity contribution in [1.29, 1.82) is 0 Å². The molecule has 3 rings (SSSR count). The lowest BCUT2D eigenvalue weighted by molar-refractivity contribution is 0.0697. The van der Waals surface area contributed by atoms with Gasteiger partial charge in [0.15, 0.2) is 0 Å². The van der Waals surface area contributed by atoms with Gasteiger partial charge in [0.05, 0.1) is 5.56 Å². The predicted octanol–water partition coefficient (Wildman–Crippen LogP) is 5.66. The van der Waals surface area contributed by atoms with E-state index in [2.05, 4.69) is 0 Å². The number of carboxylic acids is 1. The summed E-state index contributed by atoms with van der Waals surface area (Å²) in [6, 6.07) is 14.5. The number of hydrogen-bond donors (Lipinski definition) is 2. The molecule has 0 heterocycles. The monoisotopic (exact) mass is 346 g/mol. The molecule has 0 aromatic heterocycles. The lowest BCUT2D eigenvalue weighted by Gasteiger charge is -2.20. The van der Waals surface area contributed by atoms with Gasteiger partial charge >= 0.3 is 5.97 Å². The summed E-state index contributed by atoms with van der Waals surface area (Å²) in [6.45, 7) is 8.03. The number of benzene rings is 3. The molecule has 0 unspecified atom stereocenters. The number of hydrogen-bond acceptors (Lipinski definition) is 2. The third kappa shape index (κ3) is 2.86. The van der Waals surface area contributed by atoms with Crippen molar-refractivity contribution in [2.45, 2.75) is 27.7 Å². The maximum absolute atomic E-state index is 11.7. The van der Waals surface area contributed by atoms with Crippen LogP contribution in [0.1, 0.15) is 32.6 Å². The zero-order valence-electron chi connectivity index (χ0n) is 15.4. The SMILES string of the molecule is Cc1ccc(O)c(-c2c(-c3ccccc3C(=O)O)ccc(C)c2C)c1C. The second-order valence-electron chi connectivity index (χ2n) is 6.68. The van der Waals surface area contributed by atoms with Crippen LogP contribution in [-0.4, -0.2) is 16.2 Å². The van der Waals surface area contributed by atoms with Gasteiger partial charge in [0.2, 0.25) is 0 Å². The van der Waals surface area contributed by atoms with Crippen LogP contribution in [-0.2, 0) is 0 Å². The van der Waals surface area contributed by atoms with Gasteiger partial charge in [-0.1, -0.05) is 36.4 Å². The quantitative estimate of drug-likeness (QED) is 0.643. The number of carbonyl (C=O) groups is 1. The van der Waals surface area contributed by atoms with Gasteiger partial charge in [-0.25, -0.2) is 4.79 Å². The number of phenolic OH excluding ortho intramolecular Hbond substituents is 1. The normalized spacial score (nSPS) is 10.8. The van der Waals surface area contributed by atoms with E-state index in [-0.39, 0.29) is 11.3 Å². The van der Waals surface area contributed by atoms with E-state index >= 15 is 0 Å². The highest BCUT2D eigenvalue weighted by Crippen LogP contribution is 2.43. The highest BCUT2D eigenvalue weighted by Gasteiger charge is 2.21. The summed E-state index contributed by atoms with van der Waals surface area (Å²) >= 11 is 0. The molecule has 0 amide bonds. The van der Waals surface area contributed by atoms with Crippen molar-refractivity contribution in [3.05, 3.63) is 76.3 Å². The van der Waals surface area contributed by atoms with E-state index in [4.69, 9.17) is 0 Å². The maximum atomic E-state index is 11.7. The lowest BCUT2D eigenvalue weighted by atomic mass is 9.84. The number of aryl methyl sites for hydroxylation is 2. The first kappa shape index (κ1) is 17.7. The lowest BCUT2D eigenvalue weighted by Crippen LogP contribution is -2.02. The molecule has 3 aromatic carbocycles. The summed E-state index contributed by atoms with van der Waals surface area (Å²) in [5.74, 6) is -0.758. The van der Waals surface area contributed by atoms with Crippen LogP contribution in [0.15, 0.2) is 48.5 Å². The van der Waals surface area contributed by atoms with Crippen molar-refractivity contribution < 1.29 is 15.0 Å². The second-order valence-corrected chi connectivity index (χ2v) is 6.68. The van der Waals surface area contributed by atoms with Gasteiger partial charge in [0, 0.05) is 5.56 Å². The summed E-state index contributed by atoms with van der Waals surface area (Å²) < 4.78 is 0. The van der Waals surface area contributed by atoms with Gasteiger partial charge in [-0.3, -0.25) is 0 Å². The summed E-state index contributed by atoms with van der Waals surface area (Å²) in [5, 5.41) is 20.2. The molecule has 0 fully saturated rings. The van der Waals surface area contributed by atoms with Crippen molar-refractivity contribution in [2.24, 2.45) is 0 Å². The zero-order chi connectivity index (χ0) is 19.0. The van der Waals surface area contributed by atoms with Crippen LogP contribution in [0.4, 0.5) is 0 Å². The second kappa shape index (κ2) is 6.68. The molecule has 0 aliphatic heterocycles. The van der Waals surface area contributed by atoms with Gasteiger partial charge < -0.3 is 10.2 Å². The Morgan fingerprint density at radius 1 is 0.731 bits per heavy atom. The fraction of sp³-hybridized carbons (Fsp3) is 0.174. The van der Waals surface area contributed by atoms with Crippen molar-refractivity contribution in [3.63, 3.8) is 0 Å². The molecule has 3 nitrogen and oxygen atoms in total. The summed E-state index contributed by atoms with van der Waals surface area (Å²) in [6.07, 6.45) is 0. The summed E-state index contributed by atoms with van der Waals surface area (Å²) in [4.78, 5) is 11.7. The molecule has 0 saturated heterocycles. The van der Waals surface area contributed by atoms with Gasteiger partial charge in [-0.05, 0) is 78.8 Å². The maximum Gasteiger partial charge on any atom is 0.336 e. The third-order valence-electron chi connectivity index (χ3n) is 5.15. The number of phenols is 1. The Morgan fingerprint density at radius 2 is 1.31 bits per heavy atom. The Hall–Kier alpha value is -3.07. The molecule has 0 saturated carbocycles. The first-order valence-corrected chi connectivity index (χ1v) is 8.55. The smallest absolute Gasteiger partial charge is 0.336 e. The topological polar surface area (TPSA) is 57.5 Å². The zero-order valence-corrected chi connectivity index (χ0v) is 15.4. The molecule has 26 heavy (non-hydrogen) atoms. The largest absolute Gasteiger partial charge is 0.507 e. The van der Waals surface area contributed by atoms with Crippen molar-refractivity contribution in [2.75, 3.05) is 0 Å². The molecular formula is C23H22O3. The molecule has 0 spiro atoms. The Labute approximate surface area is 153 Å². The van der Waals surface area contributed by atoms with Crippen LogP contribution in [0.2, 0.25) is 0 Å². The summed E-state index contributed by atoms with van der Waals surface area (Å²) in [5.41, 5.74) is 7.57. The Balaban J connectivity index is 2.45. The van der Waals surface area contributed by atoms with E-state index in [1.807, 2.05) is 58.0 Å². The average molecular weight is 346 g/mol. The third-order valence-corrected chi connectivity index (χ3v) is 5.15. The number of rotatable bonds is 3. The molecule has 0 radical (unpaired) electrons. The standard InChI is InChI=1S/C23H22O3/c1-13-9-11-18(17-7-5-6-8-19(17)23(25)26)21(15(13)3)22-16(4)14(2)10-12-20(22)24/h5-12,24H,1-4H3,(H,25,26). The van der Waals surface area contributed by atoms with E-state index in [9.17, 15) is 15.0 Å². The molecule has 132 valence electrons. The van der Waals surface area contributed by atoms with Crippen LogP contribution >= 0.6 is 0 Å². The van der Waals surface area contributed by atoms with Gasteiger partial charge in [0.25, 0.3) is 0 Å². The number of aromatic carboxylic acids is 1. The number of carboxylic acid groups (broad SMARTS) is 1. The Bertz CT molecular complexity index is 1020. The van der Waals surface area contributed by atoms with E-state index in [1.54, 1.807) is 18.2 Å². The van der Waals surface area contributed by atoms with E-state index in [0.717, 1.165) is 38.9 Å². The Morgan fingerprint density at radius 3 is 1.96 bits per heavy atom. The molecular weight excluding hydrogens is 324 g/mol. The fourth-order valence-corrected chi connectivity index (χ4v) is 3.38. The van der Waals surface area contributed by atoms with Gasteiger partial charge in [-0.2, -0.15) is 0 Å². The van der Waals surface area contributed by atoms with Crippen LogP contribution in [0.5, 0.6) is 5.75 Å². The first-order valence-electron chi connectivity index (χ1n) is 8.55. The minimum Gasteiger partial charge on any atom is -0.507 e. The highest BCUT2D eigenvalue weighted by atomic mass is 16.4. The van der Waals surface area contributed by atoms with Crippen molar-refractivity contribution in [3.8, 4) is 28.0 Å². The molecule has 0 atom stereocenters. The summed E-state index contributed by atoms with van der Waals surface area (Å²) in [7, 11) is 0. The van der Waals surface area contributed by atoms with Crippen molar-refractivity contribution in [1.82, 2.24) is 0 Å². The minimum atomic E-state index is -0.963. The molecule has 0 aliphatic rings. The van der Waals surface area contributed by atoms with Crippen LogP contribution in [0, 0.1) is 27.7 Å². The predicted molar refractivity (Wildman–Crippen MR) is 105 cm³/mol. The molecule has 0 aliphatic carbocycles. The van der Waals surface area contributed by atoms with Crippen LogP contribution < -0.4 is 0 Å². The van der Waals surface area contributed by atoms with Gasteiger partial charge in [0.1, 0.15) is 5.75 Å². The van der Waals surface area contributed by atoms with E-state index in [0.29, 0.717) is 5.56 Å². The Kier molecular flexibility index (Phi) is 4.56. The number of aromatic hydroxyl groups is 1. The first-order chi connectivity index (χ1) is 12.3. The fourth-order valence-electron chi connectivity index (χ4n) is 3.38. The molecule has 3 aromatic rings. The minimum absolute atomic E-state index is 0.204. The van der Waals surface area contributed by atoms with E-state index < -0.39 is 5.97 Å². The molecule has 2 N–H and O–H groups in total. The van der Waals surface area contributed by atoms with Gasteiger partial charge in [-0.15, -0.1) is 0 Å². The highest BCUT2D eigenvalue weighted by molar-refractivity contribution is 6.00.